The van der Waals surface area contributed by atoms with Gasteiger partial charge in [0.15, 0.2) is 5.82 Å². The second-order valence-corrected chi connectivity index (χ2v) is 5.56. The Morgan fingerprint density at radius 2 is 1.84 bits per heavy atom. The third-order valence-corrected chi connectivity index (χ3v) is 3.94. The Morgan fingerprint density at radius 3 is 2.58 bits per heavy atom. The molecule has 2 atom stereocenters. The van der Waals surface area contributed by atoms with Gasteiger partial charge in [-0.1, -0.05) is 42.5 Å². The van der Waals surface area contributed by atoms with Gasteiger partial charge in [0.05, 0.1) is 22.2 Å². The fraction of sp³-hybridized carbons (Fsp3) is 0.583. The number of nitrogens with one attached hydrogen (secondary N) is 2. The Kier molecular flexibility index (Phi) is 5.10. The molecular weight excluding hydrogens is 287 g/mol. The summed E-state index contributed by atoms with van der Waals surface area (Å²) in [4.78, 5) is 4.23. The molecule has 19 heavy (non-hydrogen) atoms. The zero-order valence-electron chi connectivity index (χ0n) is 10.5. The number of aliphatic hydroxyl groups is 1. The van der Waals surface area contributed by atoms with E-state index in [0.29, 0.717) is 21.7 Å². The van der Waals surface area contributed by atoms with Crippen LogP contribution in [0.15, 0.2) is 6.07 Å². The standard InChI is InChI=1S/C12H18Cl2N4O/c13-7-6-8(14)12(18-15)17-11(7)16-9-4-2-1-3-5-10(9)19/h6,9-10,19H,1-5,15H2,(H2,16,17,18). The van der Waals surface area contributed by atoms with Crippen LogP contribution in [-0.2, 0) is 0 Å². The van der Waals surface area contributed by atoms with Gasteiger partial charge in [-0.25, -0.2) is 10.8 Å². The minimum absolute atomic E-state index is 0.0423. The Bertz CT molecular complexity index is 444. The molecule has 1 aromatic heterocycles. The first kappa shape index (κ1) is 14.7. The normalized spacial score (nSPS) is 23.8. The van der Waals surface area contributed by atoms with Crippen LogP contribution in [0.2, 0.25) is 10.0 Å². The van der Waals surface area contributed by atoms with Crippen molar-refractivity contribution in [2.24, 2.45) is 5.84 Å². The quantitative estimate of drug-likeness (QED) is 0.392. The lowest BCUT2D eigenvalue weighted by Crippen LogP contribution is -2.33. The van der Waals surface area contributed by atoms with E-state index in [2.05, 4.69) is 15.7 Å². The summed E-state index contributed by atoms with van der Waals surface area (Å²) in [5.41, 5.74) is 2.42. The van der Waals surface area contributed by atoms with Crippen LogP contribution in [0.5, 0.6) is 0 Å². The predicted molar refractivity (Wildman–Crippen MR) is 78.6 cm³/mol. The molecule has 106 valence electrons. The molecule has 0 saturated heterocycles. The highest BCUT2D eigenvalue weighted by atomic mass is 35.5. The number of rotatable bonds is 3. The number of hydrogen-bond donors (Lipinski definition) is 4. The first-order valence-corrected chi connectivity index (χ1v) is 7.14. The summed E-state index contributed by atoms with van der Waals surface area (Å²) in [7, 11) is 0. The van der Waals surface area contributed by atoms with Gasteiger partial charge >= 0.3 is 0 Å². The molecule has 5 nitrogen and oxygen atoms in total. The Hall–Kier alpha value is -0.750. The lowest BCUT2D eigenvalue weighted by Gasteiger charge is -2.23. The van der Waals surface area contributed by atoms with E-state index >= 15 is 0 Å². The van der Waals surface area contributed by atoms with Crippen LogP contribution in [0.25, 0.3) is 0 Å². The fourth-order valence-corrected chi connectivity index (χ4v) is 2.77. The highest BCUT2D eigenvalue weighted by Gasteiger charge is 2.23. The fourth-order valence-electron chi connectivity index (χ4n) is 2.30. The van der Waals surface area contributed by atoms with Gasteiger partial charge in [0.25, 0.3) is 0 Å². The van der Waals surface area contributed by atoms with Gasteiger partial charge in [0.2, 0.25) is 0 Å². The zero-order valence-corrected chi connectivity index (χ0v) is 12.0. The van der Waals surface area contributed by atoms with Crippen LogP contribution < -0.4 is 16.6 Å². The van der Waals surface area contributed by atoms with Crippen LogP contribution in [0, 0.1) is 0 Å². The van der Waals surface area contributed by atoms with Gasteiger partial charge in [-0.15, -0.1) is 0 Å². The van der Waals surface area contributed by atoms with Gasteiger partial charge in [-0.3, -0.25) is 0 Å². The number of anilines is 2. The molecule has 0 amide bonds. The largest absolute Gasteiger partial charge is 0.391 e. The molecule has 0 spiro atoms. The van der Waals surface area contributed by atoms with Gasteiger partial charge in [0.1, 0.15) is 5.82 Å². The first-order valence-electron chi connectivity index (χ1n) is 6.39. The number of halogens is 2. The van der Waals surface area contributed by atoms with Crippen LogP contribution in [0.1, 0.15) is 32.1 Å². The van der Waals surface area contributed by atoms with E-state index in [-0.39, 0.29) is 12.1 Å². The summed E-state index contributed by atoms with van der Waals surface area (Å²) >= 11 is 12.0. The van der Waals surface area contributed by atoms with E-state index in [4.69, 9.17) is 29.0 Å². The molecule has 1 aliphatic carbocycles. The summed E-state index contributed by atoms with van der Waals surface area (Å²) in [6.45, 7) is 0. The van der Waals surface area contributed by atoms with E-state index in [1.54, 1.807) is 6.07 Å². The van der Waals surface area contributed by atoms with Crippen molar-refractivity contribution in [3.8, 4) is 0 Å². The SMILES string of the molecule is NNc1nc(NC2CCCCCC2O)c(Cl)cc1Cl. The van der Waals surface area contributed by atoms with E-state index in [1.807, 2.05) is 0 Å². The molecule has 1 saturated carbocycles. The molecular formula is C12H18Cl2N4O. The smallest absolute Gasteiger partial charge is 0.161 e. The van der Waals surface area contributed by atoms with Crippen molar-refractivity contribution in [2.75, 3.05) is 10.7 Å². The number of aliphatic hydroxyl groups excluding tert-OH is 1. The van der Waals surface area contributed by atoms with Crippen molar-refractivity contribution < 1.29 is 5.11 Å². The van der Waals surface area contributed by atoms with Crippen LogP contribution in [0.3, 0.4) is 0 Å². The van der Waals surface area contributed by atoms with Crippen molar-refractivity contribution in [1.29, 1.82) is 0 Å². The van der Waals surface area contributed by atoms with E-state index in [0.717, 1.165) is 32.1 Å². The summed E-state index contributed by atoms with van der Waals surface area (Å²) < 4.78 is 0. The van der Waals surface area contributed by atoms with Crippen molar-refractivity contribution in [1.82, 2.24) is 4.98 Å². The second-order valence-electron chi connectivity index (χ2n) is 4.75. The van der Waals surface area contributed by atoms with Gasteiger partial charge in [-0.05, 0) is 18.9 Å². The van der Waals surface area contributed by atoms with Crippen molar-refractivity contribution >= 4 is 34.8 Å². The van der Waals surface area contributed by atoms with Gasteiger partial charge in [0, 0.05) is 0 Å². The topological polar surface area (TPSA) is 83.2 Å². The maximum atomic E-state index is 10.1. The molecule has 1 aromatic rings. The molecule has 0 aliphatic heterocycles. The van der Waals surface area contributed by atoms with E-state index < -0.39 is 0 Å². The monoisotopic (exact) mass is 304 g/mol. The molecule has 0 aromatic carbocycles. The van der Waals surface area contributed by atoms with Crippen LogP contribution in [0.4, 0.5) is 11.6 Å². The van der Waals surface area contributed by atoms with Crippen molar-refractivity contribution in [2.45, 2.75) is 44.2 Å². The number of aromatic nitrogens is 1. The lowest BCUT2D eigenvalue weighted by atomic mass is 10.1. The molecule has 0 radical (unpaired) electrons. The Labute approximate surface area is 122 Å². The summed E-state index contributed by atoms with van der Waals surface area (Å²) in [6.07, 6.45) is 4.59. The summed E-state index contributed by atoms with van der Waals surface area (Å²) in [5, 5.41) is 14.1. The summed E-state index contributed by atoms with van der Waals surface area (Å²) in [6, 6.07) is 1.54. The highest BCUT2D eigenvalue weighted by Crippen LogP contribution is 2.30. The number of nitrogens with zero attached hydrogens (tertiary/aromatic N) is 1. The molecule has 1 fully saturated rings. The zero-order chi connectivity index (χ0) is 13.8. The average molecular weight is 305 g/mol. The number of hydrazine groups is 1. The first-order chi connectivity index (χ1) is 9.11. The molecule has 1 aliphatic rings. The number of hydrogen-bond acceptors (Lipinski definition) is 5. The van der Waals surface area contributed by atoms with Gasteiger partial charge in [-0.2, -0.15) is 0 Å². The molecule has 1 heterocycles. The maximum absolute atomic E-state index is 10.1. The van der Waals surface area contributed by atoms with Crippen molar-refractivity contribution in [3.63, 3.8) is 0 Å². The van der Waals surface area contributed by atoms with E-state index in [1.165, 1.54) is 0 Å². The second kappa shape index (κ2) is 6.61. The Morgan fingerprint density at radius 1 is 1.16 bits per heavy atom. The average Bonchev–Trinajstić information content (AvgIpc) is 2.58. The molecule has 7 heteroatoms. The predicted octanol–water partition coefficient (Wildman–Crippen LogP) is 2.78. The molecule has 5 N–H and O–H groups in total. The van der Waals surface area contributed by atoms with Crippen LogP contribution in [-0.4, -0.2) is 22.2 Å². The third-order valence-electron chi connectivity index (χ3n) is 3.37. The van der Waals surface area contributed by atoms with Gasteiger partial charge < -0.3 is 15.8 Å². The third kappa shape index (κ3) is 3.63. The highest BCUT2D eigenvalue weighted by molar-refractivity contribution is 6.37. The Balaban J connectivity index is 2.17. The maximum Gasteiger partial charge on any atom is 0.161 e. The number of nitrogen functional groups attached to an aromatic ring is 1. The molecule has 2 rings (SSSR count). The minimum atomic E-state index is -0.384. The minimum Gasteiger partial charge on any atom is -0.391 e. The lowest BCUT2D eigenvalue weighted by molar-refractivity contribution is 0.144. The van der Waals surface area contributed by atoms with Crippen LogP contribution >= 0.6 is 23.2 Å². The molecule has 2 unspecified atom stereocenters. The van der Waals surface area contributed by atoms with Crippen molar-refractivity contribution in [3.05, 3.63) is 16.1 Å². The number of nitrogens with two attached hydrogens (primary N) is 1. The summed E-state index contributed by atoms with van der Waals surface area (Å²) in [5.74, 6) is 6.19. The van der Waals surface area contributed by atoms with E-state index in [9.17, 15) is 5.11 Å². The number of pyridine rings is 1. The molecule has 0 bridgehead atoms.